The van der Waals surface area contributed by atoms with Gasteiger partial charge in [0.25, 0.3) is 0 Å². The summed E-state index contributed by atoms with van der Waals surface area (Å²) in [5.41, 5.74) is 8.39. The van der Waals surface area contributed by atoms with Crippen molar-refractivity contribution < 1.29 is 13.9 Å². The quantitative estimate of drug-likeness (QED) is 0.163. The molecular weight excluding hydrogens is 567 g/mol. The zero-order valence-electron chi connectivity index (χ0n) is 23.3. The molecule has 1 aliphatic heterocycles. The fraction of sp³-hybridized carbons (Fsp3) is 0.400. The number of nitrogen functional groups attached to an aromatic ring is 1. The summed E-state index contributed by atoms with van der Waals surface area (Å²) >= 11 is 9.63. The van der Waals surface area contributed by atoms with E-state index in [0.29, 0.717) is 11.9 Å². The van der Waals surface area contributed by atoms with Crippen LogP contribution in [0, 0.1) is 5.82 Å². The van der Waals surface area contributed by atoms with E-state index in [1.54, 1.807) is 23.3 Å². The summed E-state index contributed by atoms with van der Waals surface area (Å²) in [7, 11) is 0. The molecular formula is C30H34ClFN4O2S2. The number of fused-ring (bicyclic) bond motifs is 1. The molecule has 2 fully saturated rings. The highest BCUT2D eigenvalue weighted by molar-refractivity contribution is 7.98. The van der Waals surface area contributed by atoms with Gasteiger partial charge in [-0.05, 0) is 62.8 Å². The number of thiophene rings is 1. The van der Waals surface area contributed by atoms with Gasteiger partial charge >= 0.3 is 0 Å². The van der Waals surface area contributed by atoms with Crippen LogP contribution in [0.4, 0.5) is 10.1 Å². The first-order valence-electron chi connectivity index (χ1n) is 13.5. The minimum absolute atomic E-state index is 0.0229. The summed E-state index contributed by atoms with van der Waals surface area (Å²) < 4.78 is 31.9. The Morgan fingerprint density at radius 1 is 1.18 bits per heavy atom. The van der Waals surface area contributed by atoms with Crippen LogP contribution in [-0.4, -0.2) is 27.6 Å². The zero-order valence-corrected chi connectivity index (χ0v) is 25.6. The summed E-state index contributed by atoms with van der Waals surface area (Å²) in [5.74, 6) is -1.19. The first kappa shape index (κ1) is 29.2. The van der Waals surface area contributed by atoms with Gasteiger partial charge in [0.2, 0.25) is 0 Å². The molecule has 1 saturated heterocycles. The van der Waals surface area contributed by atoms with Crippen LogP contribution in [-0.2, 0) is 15.1 Å². The van der Waals surface area contributed by atoms with Gasteiger partial charge in [0.1, 0.15) is 10.8 Å². The van der Waals surface area contributed by atoms with Crippen LogP contribution in [0.1, 0.15) is 69.5 Å². The van der Waals surface area contributed by atoms with Crippen molar-refractivity contribution >= 4 is 50.7 Å². The number of nitrogens with two attached hydrogens (primary N) is 1. The van der Waals surface area contributed by atoms with Crippen molar-refractivity contribution in [3.8, 4) is 11.3 Å². The van der Waals surface area contributed by atoms with E-state index in [4.69, 9.17) is 31.8 Å². The molecule has 2 unspecified atom stereocenters. The largest absolute Gasteiger partial charge is 0.395 e. The monoisotopic (exact) mass is 600 g/mol. The molecule has 0 spiro atoms. The molecule has 4 heterocycles. The highest BCUT2D eigenvalue weighted by atomic mass is 35.5. The van der Waals surface area contributed by atoms with Crippen molar-refractivity contribution in [2.75, 3.05) is 12.3 Å². The van der Waals surface area contributed by atoms with Crippen molar-refractivity contribution in [3.63, 3.8) is 0 Å². The Morgan fingerprint density at radius 3 is 2.65 bits per heavy atom. The molecule has 3 N–H and O–H groups in total. The molecule has 0 bridgehead atoms. The number of ether oxygens (including phenoxy) is 2. The van der Waals surface area contributed by atoms with Crippen LogP contribution in [0.25, 0.3) is 21.3 Å². The molecule has 1 aliphatic carbocycles. The molecule has 6 rings (SSSR count). The predicted molar refractivity (Wildman–Crippen MR) is 164 cm³/mol. The lowest BCUT2D eigenvalue weighted by molar-refractivity contribution is -0.159. The molecule has 4 aromatic rings. The van der Waals surface area contributed by atoms with E-state index in [9.17, 15) is 0 Å². The third kappa shape index (κ3) is 5.86. The standard InChI is InChI=1S/C28H28ClFN4O2S2.C2H6/c1-27(2)35-14-28(3,36-27)16-9-10-32-20(12-16)18-6-4-5-15-11-21(37-25(15)18)24(34-38-17-7-8-17)22-23(30)19(31)13-33-26(22)29;1-2/h4-6,9-13,17,24,34H,7-8,14,31H2,1-3H3;1-2H3. The number of hydrogen-bond donors (Lipinski definition) is 2. The molecule has 3 aromatic heterocycles. The SMILES string of the molecule is CC.CC1(C)OCC(C)(c2ccnc(-c3cccc4cc(C(NSC5CC5)c5c(Cl)ncc(N)c5F)sc34)c2)O1. The number of aromatic nitrogens is 2. The van der Waals surface area contributed by atoms with Gasteiger partial charge in [-0.15, -0.1) is 11.3 Å². The molecule has 2 atom stereocenters. The van der Waals surface area contributed by atoms with Gasteiger partial charge in [0.05, 0.1) is 35.8 Å². The number of rotatable bonds is 7. The van der Waals surface area contributed by atoms with E-state index in [0.717, 1.165) is 44.6 Å². The van der Waals surface area contributed by atoms with Gasteiger partial charge in [-0.2, -0.15) is 0 Å². The highest BCUT2D eigenvalue weighted by Gasteiger charge is 2.43. The molecule has 1 aromatic carbocycles. The number of nitrogens with zero attached hydrogens (tertiary/aromatic N) is 2. The lowest BCUT2D eigenvalue weighted by Crippen LogP contribution is -2.28. The first-order valence-corrected chi connectivity index (χ1v) is 15.5. The maximum absolute atomic E-state index is 15.3. The maximum atomic E-state index is 15.3. The summed E-state index contributed by atoms with van der Waals surface area (Å²) in [6, 6.07) is 11.7. The van der Waals surface area contributed by atoms with Crippen LogP contribution in [0.2, 0.25) is 5.15 Å². The van der Waals surface area contributed by atoms with E-state index in [2.05, 4.69) is 34.0 Å². The summed E-state index contributed by atoms with van der Waals surface area (Å²) in [5, 5.41) is 1.66. The van der Waals surface area contributed by atoms with Crippen LogP contribution >= 0.6 is 34.9 Å². The average Bonchev–Trinajstić information content (AvgIpc) is 3.59. The lowest BCUT2D eigenvalue weighted by atomic mass is 9.96. The van der Waals surface area contributed by atoms with Gasteiger partial charge in [0, 0.05) is 26.6 Å². The second kappa shape index (κ2) is 11.5. The first-order chi connectivity index (χ1) is 19.1. The van der Waals surface area contributed by atoms with E-state index in [1.807, 2.05) is 52.9 Å². The van der Waals surface area contributed by atoms with Crippen molar-refractivity contribution in [3.05, 3.63) is 75.8 Å². The van der Waals surface area contributed by atoms with Gasteiger partial charge in [-0.1, -0.05) is 55.6 Å². The molecule has 0 amide bonds. The van der Waals surface area contributed by atoms with Crippen molar-refractivity contribution in [2.24, 2.45) is 0 Å². The number of benzene rings is 1. The number of pyridine rings is 2. The lowest BCUT2D eigenvalue weighted by Gasteiger charge is -2.25. The second-order valence-corrected chi connectivity index (χ2v) is 13.0. The van der Waals surface area contributed by atoms with Gasteiger partial charge in [0.15, 0.2) is 11.6 Å². The summed E-state index contributed by atoms with van der Waals surface area (Å²) in [6.07, 6.45) is 5.34. The maximum Gasteiger partial charge on any atom is 0.164 e. The molecule has 6 nitrogen and oxygen atoms in total. The minimum Gasteiger partial charge on any atom is -0.395 e. The van der Waals surface area contributed by atoms with E-state index >= 15 is 4.39 Å². The molecule has 2 aliphatic rings. The third-order valence-corrected chi connectivity index (χ3v) is 9.58. The Labute approximate surface area is 248 Å². The highest BCUT2D eigenvalue weighted by Crippen LogP contribution is 2.44. The van der Waals surface area contributed by atoms with Crippen LogP contribution in [0.15, 0.2) is 48.8 Å². The molecule has 212 valence electrons. The Hall–Kier alpha value is -2.27. The summed E-state index contributed by atoms with van der Waals surface area (Å²) in [6.45, 7) is 10.3. The molecule has 10 heteroatoms. The number of hydrogen-bond acceptors (Lipinski definition) is 8. The number of anilines is 1. The Morgan fingerprint density at radius 2 is 1.95 bits per heavy atom. The molecule has 40 heavy (non-hydrogen) atoms. The minimum atomic E-state index is -0.645. The Bertz CT molecular complexity index is 1530. The molecule has 1 saturated carbocycles. The molecule has 0 radical (unpaired) electrons. The third-order valence-electron chi connectivity index (χ3n) is 6.86. The van der Waals surface area contributed by atoms with Crippen molar-refractivity contribution in [2.45, 2.75) is 70.1 Å². The zero-order chi connectivity index (χ0) is 28.7. The topological polar surface area (TPSA) is 82.3 Å². The normalized spacial score (nSPS) is 20.8. The smallest absolute Gasteiger partial charge is 0.164 e. The van der Waals surface area contributed by atoms with Crippen LogP contribution < -0.4 is 10.5 Å². The Kier molecular flexibility index (Phi) is 8.44. The van der Waals surface area contributed by atoms with Crippen molar-refractivity contribution in [1.82, 2.24) is 14.7 Å². The number of halogens is 2. The number of nitrogens with one attached hydrogen (secondary N) is 1. The van der Waals surface area contributed by atoms with Crippen molar-refractivity contribution in [1.29, 1.82) is 0 Å². The Balaban J connectivity index is 0.00000158. The van der Waals surface area contributed by atoms with Gasteiger partial charge in [-0.3, -0.25) is 9.71 Å². The van der Waals surface area contributed by atoms with Gasteiger partial charge < -0.3 is 15.2 Å². The van der Waals surface area contributed by atoms with E-state index in [1.165, 1.54) is 6.20 Å². The fourth-order valence-electron chi connectivity index (χ4n) is 4.74. The summed E-state index contributed by atoms with van der Waals surface area (Å²) in [4.78, 5) is 9.76. The fourth-order valence-corrected chi connectivity index (χ4v) is 7.25. The van der Waals surface area contributed by atoms with Crippen LogP contribution in [0.5, 0.6) is 0 Å². The average molecular weight is 601 g/mol. The van der Waals surface area contributed by atoms with Gasteiger partial charge in [-0.25, -0.2) is 9.37 Å². The predicted octanol–water partition coefficient (Wildman–Crippen LogP) is 8.25. The second-order valence-electron chi connectivity index (χ2n) is 10.4. The van der Waals surface area contributed by atoms with E-state index in [-0.39, 0.29) is 16.4 Å². The van der Waals surface area contributed by atoms with Crippen LogP contribution in [0.3, 0.4) is 0 Å². The van der Waals surface area contributed by atoms with E-state index < -0.39 is 23.2 Å².